The number of piperidine rings is 1. The second-order valence-electron chi connectivity index (χ2n) is 8.90. The zero-order valence-corrected chi connectivity index (χ0v) is 17.6. The van der Waals surface area contributed by atoms with Gasteiger partial charge in [0.05, 0.1) is 13.0 Å². The van der Waals surface area contributed by atoms with Crippen LogP contribution < -0.4 is 0 Å². The topological polar surface area (TPSA) is 29.5 Å². The van der Waals surface area contributed by atoms with Gasteiger partial charge in [0, 0.05) is 19.0 Å². The second kappa shape index (κ2) is 9.13. The van der Waals surface area contributed by atoms with Crippen molar-refractivity contribution >= 4 is 5.97 Å². The lowest BCUT2D eigenvalue weighted by molar-refractivity contribution is -0.155. The fourth-order valence-corrected chi connectivity index (χ4v) is 5.75. The Labute approximate surface area is 175 Å². The minimum atomic E-state index is 0.00854. The summed E-state index contributed by atoms with van der Waals surface area (Å²) < 4.78 is 5.21. The fourth-order valence-electron chi connectivity index (χ4n) is 5.75. The molecular formula is C26H33NO2. The maximum Gasteiger partial charge on any atom is 0.309 e. The molecule has 2 aromatic carbocycles. The third-order valence-electron chi connectivity index (χ3n) is 7.17. The zero-order chi connectivity index (χ0) is 20.1. The minimum absolute atomic E-state index is 0.00854. The second-order valence-corrected chi connectivity index (χ2v) is 8.90. The van der Waals surface area contributed by atoms with Gasteiger partial charge >= 0.3 is 5.97 Å². The molecule has 0 radical (unpaired) electrons. The van der Waals surface area contributed by atoms with Crippen molar-refractivity contribution in [3.8, 4) is 0 Å². The van der Waals surface area contributed by atoms with Gasteiger partial charge in [0.15, 0.2) is 0 Å². The van der Waals surface area contributed by atoms with E-state index in [9.17, 15) is 4.79 Å². The van der Waals surface area contributed by atoms with Crippen molar-refractivity contribution in [3.05, 3.63) is 71.8 Å². The van der Waals surface area contributed by atoms with Crippen molar-refractivity contribution in [2.24, 2.45) is 11.3 Å². The molecule has 0 bridgehead atoms. The molecule has 0 N–H and O–H groups in total. The van der Waals surface area contributed by atoms with Crippen LogP contribution in [0.3, 0.4) is 0 Å². The lowest BCUT2D eigenvalue weighted by Crippen LogP contribution is -2.51. The van der Waals surface area contributed by atoms with E-state index in [0.717, 1.165) is 45.3 Å². The maximum atomic E-state index is 12.6. The minimum Gasteiger partial charge on any atom is -0.469 e. The van der Waals surface area contributed by atoms with E-state index in [4.69, 9.17) is 4.74 Å². The molecule has 0 aromatic heterocycles. The van der Waals surface area contributed by atoms with Crippen LogP contribution in [0.5, 0.6) is 0 Å². The molecule has 1 saturated carbocycles. The van der Waals surface area contributed by atoms with E-state index in [0.29, 0.717) is 5.92 Å². The summed E-state index contributed by atoms with van der Waals surface area (Å²) in [6.07, 6.45) is 6.86. The number of benzene rings is 2. The Morgan fingerprint density at radius 2 is 1.62 bits per heavy atom. The average Bonchev–Trinajstić information content (AvgIpc) is 2.78. The predicted molar refractivity (Wildman–Crippen MR) is 117 cm³/mol. The first-order valence-electron chi connectivity index (χ1n) is 11.1. The Bertz CT molecular complexity index is 747. The molecule has 1 aliphatic heterocycles. The molecule has 3 heteroatoms. The summed E-state index contributed by atoms with van der Waals surface area (Å²) in [5.74, 6) is 0.429. The third kappa shape index (κ3) is 4.40. The summed E-state index contributed by atoms with van der Waals surface area (Å²) in [6.45, 7) is 3.14. The van der Waals surface area contributed by atoms with Crippen LogP contribution in [0.15, 0.2) is 60.7 Å². The van der Waals surface area contributed by atoms with Crippen LogP contribution >= 0.6 is 0 Å². The SMILES string of the molecule is COC(=O)[C@@H]1CCCC[C@@]12CCCN(CC(c1ccccc1)c1ccccc1)C2. The summed E-state index contributed by atoms with van der Waals surface area (Å²) in [5, 5.41) is 0. The van der Waals surface area contributed by atoms with Gasteiger partial charge in [-0.3, -0.25) is 4.79 Å². The lowest BCUT2D eigenvalue weighted by Gasteiger charge is -2.49. The van der Waals surface area contributed by atoms with Gasteiger partial charge in [-0.25, -0.2) is 0 Å². The Morgan fingerprint density at radius 3 is 2.24 bits per heavy atom. The molecule has 4 rings (SSSR count). The van der Waals surface area contributed by atoms with Gasteiger partial charge in [-0.1, -0.05) is 73.5 Å². The van der Waals surface area contributed by atoms with Gasteiger partial charge in [-0.15, -0.1) is 0 Å². The van der Waals surface area contributed by atoms with E-state index in [1.807, 2.05) is 0 Å². The number of carbonyl (C=O) groups excluding carboxylic acids is 1. The van der Waals surface area contributed by atoms with Crippen LogP contribution in [0.1, 0.15) is 55.6 Å². The van der Waals surface area contributed by atoms with Crippen LogP contribution in [0, 0.1) is 11.3 Å². The number of hydrogen-bond donors (Lipinski definition) is 0. The van der Waals surface area contributed by atoms with Gasteiger partial charge < -0.3 is 9.64 Å². The predicted octanol–water partition coefficient (Wildman–Crippen LogP) is 5.26. The van der Waals surface area contributed by atoms with Gasteiger partial charge in [-0.05, 0) is 48.8 Å². The standard InChI is InChI=1S/C26H33NO2/c1-29-25(28)24-15-8-9-16-26(24)17-10-18-27(20-26)19-23(21-11-4-2-5-12-21)22-13-6-3-7-14-22/h2-7,11-14,23-24H,8-10,15-20H2,1H3/t24-,26-/m0/s1. The molecule has 2 aromatic rings. The number of likely N-dealkylation sites (tertiary alicyclic amines) is 1. The third-order valence-corrected chi connectivity index (χ3v) is 7.17. The zero-order valence-electron chi connectivity index (χ0n) is 17.6. The van der Waals surface area contributed by atoms with E-state index in [-0.39, 0.29) is 17.3 Å². The maximum absolute atomic E-state index is 12.6. The Balaban J connectivity index is 1.57. The molecule has 154 valence electrons. The van der Waals surface area contributed by atoms with Crippen molar-refractivity contribution in [1.29, 1.82) is 0 Å². The summed E-state index contributed by atoms with van der Waals surface area (Å²) in [4.78, 5) is 15.2. The van der Waals surface area contributed by atoms with Crippen LogP contribution in [0.2, 0.25) is 0 Å². The van der Waals surface area contributed by atoms with E-state index < -0.39 is 0 Å². The molecule has 2 atom stereocenters. The summed E-state index contributed by atoms with van der Waals surface area (Å²) >= 11 is 0. The van der Waals surface area contributed by atoms with Crippen molar-refractivity contribution in [3.63, 3.8) is 0 Å². The van der Waals surface area contributed by atoms with Crippen LogP contribution in [-0.4, -0.2) is 37.6 Å². The van der Waals surface area contributed by atoms with E-state index in [2.05, 4.69) is 65.6 Å². The lowest BCUT2D eigenvalue weighted by atomic mass is 9.62. The molecule has 0 amide bonds. The average molecular weight is 392 g/mol. The number of carbonyl (C=O) groups is 1. The summed E-state index contributed by atoms with van der Waals surface area (Å²) in [7, 11) is 1.55. The summed E-state index contributed by atoms with van der Waals surface area (Å²) in [5.41, 5.74) is 2.83. The van der Waals surface area contributed by atoms with Gasteiger partial charge in [0.25, 0.3) is 0 Å². The van der Waals surface area contributed by atoms with E-state index in [1.165, 1.54) is 24.0 Å². The molecule has 2 aliphatic rings. The Kier molecular flexibility index (Phi) is 6.34. The summed E-state index contributed by atoms with van der Waals surface area (Å²) in [6, 6.07) is 21.7. The van der Waals surface area contributed by atoms with Crippen LogP contribution in [-0.2, 0) is 9.53 Å². The fraction of sp³-hybridized carbons (Fsp3) is 0.500. The number of hydrogen-bond acceptors (Lipinski definition) is 3. The van der Waals surface area contributed by atoms with Gasteiger partial charge in [-0.2, -0.15) is 0 Å². The first-order valence-corrected chi connectivity index (χ1v) is 11.1. The number of esters is 1. The van der Waals surface area contributed by atoms with Crippen molar-refractivity contribution in [2.45, 2.75) is 44.4 Å². The van der Waals surface area contributed by atoms with Crippen LogP contribution in [0.4, 0.5) is 0 Å². The molecule has 1 aliphatic carbocycles. The quantitative estimate of drug-likeness (QED) is 0.651. The number of methoxy groups -OCH3 is 1. The Morgan fingerprint density at radius 1 is 1.00 bits per heavy atom. The highest BCUT2D eigenvalue weighted by molar-refractivity contribution is 5.73. The van der Waals surface area contributed by atoms with Gasteiger partial charge in [0.1, 0.15) is 0 Å². The number of rotatable bonds is 5. The van der Waals surface area contributed by atoms with Crippen LogP contribution in [0.25, 0.3) is 0 Å². The first-order chi connectivity index (χ1) is 14.2. The molecule has 2 fully saturated rings. The van der Waals surface area contributed by atoms with Crippen molar-refractivity contribution in [1.82, 2.24) is 4.90 Å². The molecule has 1 spiro atoms. The van der Waals surface area contributed by atoms with Crippen molar-refractivity contribution in [2.75, 3.05) is 26.7 Å². The largest absolute Gasteiger partial charge is 0.469 e. The van der Waals surface area contributed by atoms with Gasteiger partial charge in [0.2, 0.25) is 0 Å². The number of ether oxygens (including phenoxy) is 1. The Hall–Kier alpha value is -2.13. The normalized spacial score (nSPS) is 25.2. The van der Waals surface area contributed by atoms with Crippen molar-refractivity contribution < 1.29 is 9.53 Å². The smallest absolute Gasteiger partial charge is 0.309 e. The monoisotopic (exact) mass is 391 g/mol. The van der Waals surface area contributed by atoms with E-state index in [1.54, 1.807) is 7.11 Å². The highest BCUT2D eigenvalue weighted by atomic mass is 16.5. The molecule has 1 saturated heterocycles. The first kappa shape index (κ1) is 20.2. The molecule has 0 unspecified atom stereocenters. The number of nitrogens with zero attached hydrogens (tertiary/aromatic N) is 1. The molecular weight excluding hydrogens is 358 g/mol. The molecule has 1 heterocycles. The molecule has 3 nitrogen and oxygen atoms in total. The highest BCUT2D eigenvalue weighted by Crippen LogP contribution is 2.48. The molecule has 29 heavy (non-hydrogen) atoms. The van der Waals surface area contributed by atoms with E-state index >= 15 is 0 Å². The highest BCUT2D eigenvalue weighted by Gasteiger charge is 2.47.